The zero-order chi connectivity index (χ0) is 15.1. The number of esters is 1. The molecule has 0 aromatic heterocycles. The summed E-state index contributed by atoms with van der Waals surface area (Å²) in [5, 5.41) is 0. The Morgan fingerprint density at radius 1 is 1.20 bits per heavy atom. The number of allylic oxidation sites excluding steroid dienone is 1. The lowest BCUT2D eigenvalue weighted by Crippen LogP contribution is -2.05. The first-order valence-electron chi connectivity index (χ1n) is 6.58. The van der Waals surface area contributed by atoms with Gasteiger partial charge in [0.25, 0.3) is 0 Å². The molecule has 0 fully saturated rings. The predicted molar refractivity (Wildman–Crippen MR) is 78.4 cm³/mol. The molecule has 4 nitrogen and oxygen atoms in total. The van der Waals surface area contributed by atoms with Crippen LogP contribution in [0.15, 0.2) is 23.8 Å². The predicted octanol–water partition coefficient (Wildman–Crippen LogP) is 3.06. The van der Waals surface area contributed by atoms with Crippen LogP contribution in [0.4, 0.5) is 0 Å². The Labute approximate surface area is 120 Å². The molecule has 0 aliphatic rings. The third-order valence-electron chi connectivity index (χ3n) is 2.96. The zero-order valence-corrected chi connectivity index (χ0v) is 12.8. The molecule has 0 radical (unpaired) electrons. The highest BCUT2D eigenvalue weighted by Gasteiger charge is 2.11. The molecule has 0 bridgehead atoms. The van der Waals surface area contributed by atoms with Crippen LogP contribution in [0.5, 0.6) is 11.5 Å². The Morgan fingerprint density at radius 3 is 2.20 bits per heavy atom. The molecule has 1 rings (SSSR count). The third kappa shape index (κ3) is 4.02. The van der Waals surface area contributed by atoms with Gasteiger partial charge in [-0.05, 0) is 44.9 Å². The van der Waals surface area contributed by atoms with E-state index in [1.165, 1.54) is 0 Å². The van der Waals surface area contributed by atoms with Crippen LogP contribution in [-0.2, 0) is 16.0 Å². The van der Waals surface area contributed by atoms with Gasteiger partial charge in [-0.15, -0.1) is 0 Å². The van der Waals surface area contributed by atoms with Gasteiger partial charge in [-0.3, -0.25) is 0 Å². The van der Waals surface area contributed by atoms with Gasteiger partial charge in [0.05, 0.1) is 20.8 Å². The van der Waals surface area contributed by atoms with E-state index in [1.807, 2.05) is 25.1 Å². The molecule has 1 aromatic rings. The second-order valence-electron chi connectivity index (χ2n) is 4.46. The number of benzene rings is 1. The summed E-state index contributed by atoms with van der Waals surface area (Å²) in [5.74, 6) is 1.22. The number of carbonyl (C=O) groups is 1. The maximum absolute atomic E-state index is 11.6. The summed E-state index contributed by atoms with van der Waals surface area (Å²) < 4.78 is 15.7. The van der Waals surface area contributed by atoms with E-state index in [-0.39, 0.29) is 5.97 Å². The van der Waals surface area contributed by atoms with Crippen LogP contribution >= 0.6 is 0 Å². The maximum atomic E-state index is 11.6. The van der Waals surface area contributed by atoms with Crippen molar-refractivity contribution in [2.75, 3.05) is 20.8 Å². The lowest BCUT2D eigenvalue weighted by molar-refractivity contribution is -0.138. The van der Waals surface area contributed by atoms with E-state index in [1.54, 1.807) is 28.1 Å². The fourth-order valence-corrected chi connectivity index (χ4v) is 1.90. The normalized spacial score (nSPS) is 11.2. The number of carbonyl (C=O) groups excluding carboxylic acids is 1. The number of rotatable bonds is 6. The average Bonchev–Trinajstić information content (AvgIpc) is 2.44. The van der Waals surface area contributed by atoms with E-state index >= 15 is 0 Å². The Hall–Kier alpha value is -1.97. The van der Waals surface area contributed by atoms with Crippen molar-refractivity contribution in [3.63, 3.8) is 0 Å². The van der Waals surface area contributed by atoms with E-state index in [2.05, 4.69) is 0 Å². The van der Waals surface area contributed by atoms with Gasteiger partial charge in [-0.25, -0.2) is 4.79 Å². The molecule has 4 heteroatoms. The Balaban J connectivity index is 3.02. The van der Waals surface area contributed by atoms with Gasteiger partial charge >= 0.3 is 5.97 Å². The summed E-state index contributed by atoms with van der Waals surface area (Å²) in [7, 11) is 3.25. The zero-order valence-electron chi connectivity index (χ0n) is 12.8. The lowest BCUT2D eigenvalue weighted by atomic mass is 10.0. The maximum Gasteiger partial charge on any atom is 0.333 e. The molecule has 0 atom stereocenters. The van der Waals surface area contributed by atoms with E-state index in [4.69, 9.17) is 14.2 Å². The Morgan fingerprint density at radius 2 is 1.75 bits per heavy atom. The first-order valence-corrected chi connectivity index (χ1v) is 6.58. The van der Waals surface area contributed by atoms with Crippen molar-refractivity contribution < 1.29 is 19.0 Å². The molecule has 0 aliphatic heterocycles. The highest BCUT2D eigenvalue weighted by molar-refractivity contribution is 5.87. The first-order chi connectivity index (χ1) is 9.53. The van der Waals surface area contributed by atoms with Crippen LogP contribution in [-0.4, -0.2) is 26.8 Å². The minimum atomic E-state index is -0.294. The second kappa shape index (κ2) is 7.58. The average molecular weight is 278 g/mol. The van der Waals surface area contributed by atoms with Crippen LogP contribution in [0.2, 0.25) is 0 Å². The van der Waals surface area contributed by atoms with E-state index in [0.717, 1.165) is 22.6 Å². The molecule has 110 valence electrons. The largest absolute Gasteiger partial charge is 0.496 e. The van der Waals surface area contributed by atoms with Gasteiger partial charge in [0.15, 0.2) is 0 Å². The molecule has 0 saturated carbocycles. The van der Waals surface area contributed by atoms with Gasteiger partial charge < -0.3 is 14.2 Å². The van der Waals surface area contributed by atoms with Crippen LogP contribution < -0.4 is 9.47 Å². The van der Waals surface area contributed by atoms with Crippen LogP contribution in [0.25, 0.3) is 0 Å². The standard InChI is InChI=1S/C16H22O4/c1-6-20-16(17)12(3)7-8-13-14(18-4)9-11(2)10-15(13)19-5/h7,9-10H,6,8H2,1-5H3/b12-7+. The van der Waals surface area contributed by atoms with Crippen molar-refractivity contribution in [3.05, 3.63) is 34.9 Å². The van der Waals surface area contributed by atoms with Crippen LogP contribution in [0.3, 0.4) is 0 Å². The smallest absolute Gasteiger partial charge is 0.333 e. The van der Waals surface area contributed by atoms with E-state index in [9.17, 15) is 4.79 Å². The minimum absolute atomic E-state index is 0.294. The fraction of sp³-hybridized carbons (Fsp3) is 0.438. The number of hydrogen-bond donors (Lipinski definition) is 0. The van der Waals surface area contributed by atoms with Gasteiger partial charge in [0.2, 0.25) is 0 Å². The molecule has 1 aromatic carbocycles. The van der Waals surface area contributed by atoms with Crippen molar-refractivity contribution >= 4 is 5.97 Å². The van der Waals surface area contributed by atoms with Crippen LogP contribution in [0, 0.1) is 6.92 Å². The Kier molecular flexibility index (Phi) is 6.10. The quantitative estimate of drug-likeness (QED) is 0.592. The highest BCUT2D eigenvalue weighted by atomic mass is 16.5. The number of methoxy groups -OCH3 is 2. The molecule has 20 heavy (non-hydrogen) atoms. The van der Waals surface area contributed by atoms with Gasteiger partial charge in [-0.1, -0.05) is 6.08 Å². The molecule has 0 heterocycles. The Bertz CT molecular complexity index is 478. The fourth-order valence-electron chi connectivity index (χ4n) is 1.90. The van der Waals surface area contributed by atoms with Gasteiger partial charge in [0, 0.05) is 11.1 Å². The summed E-state index contributed by atoms with van der Waals surface area (Å²) in [4.78, 5) is 11.6. The molecule has 0 spiro atoms. The summed E-state index contributed by atoms with van der Waals surface area (Å²) in [6.45, 7) is 5.89. The molecule has 0 N–H and O–H groups in total. The topological polar surface area (TPSA) is 44.8 Å². The summed E-state index contributed by atoms with van der Waals surface area (Å²) in [6.07, 6.45) is 2.38. The van der Waals surface area contributed by atoms with Crippen molar-refractivity contribution in [2.24, 2.45) is 0 Å². The van der Waals surface area contributed by atoms with Gasteiger partial charge in [0.1, 0.15) is 11.5 Å². The molecule has 0 saturated heterocycles. The second-order valence-corrected chi connectivity index (χ2v) is 4.46. The van der Waals surface area contributed by atoms with Crippen molar-refractivity contribution in [1.29, 1.82) is 0 Å². The monoisotopic (exact) mass is 278 g/mol. The van der Waals surface area contributed by atoms with Crippen molar-refractivity contribution in [3.8, 4) is 11.5 Å². The third-order valence-corrected chi connectivity index (χ3v) is 2.96. The minimum Gasteiger partial charge on any atom is -0.496 e. The molecule has 0 unspecified atom stereocenters. The number of hydrogen-bond acceptors (Lipinski definition) is 4. The number of aryl methyl sites for hydroxylation is 1. The first kappa shape index (κ1) is 16.1. The number of ether oxygens (including phenoxy) is 3. The van der Waals surface area contributed by atoms with Crippen molar-refractivity contribution in [1.82, 2.24) is 0 Å². The SMILES string of the molecule is CCOC(=O)/C(C)=C/Cc1c(OC)cc(C)cc1OC. The highest BCUT2D eigenvalue weighted by Crippen LogP contribution is 2.31. The summed E-state index contributed by atoms with van der Waals surface area (Å²) in [5.41, 5.74) is 2.56. The molecule has 0 amide bonds. The van der Waals surface area contributed by atoms with Crippen molar-refractivity contribution in [2.45, 2.75) is 27.2 Å². The van der Waals surface area contributed by atoms with E-state index in [0.29, 0.717) is 18.6 Å². The van der Waals surface area contributed by atoms with E-state index < -0.39 is 0 Å². The summed E-state index contributed by atoms with van der Waals surface area (Å²) >= 11 is 0. The lowest BCUT2D eigenvalue weighted by Gasteiger charge is -2.13. The molecular weight excluding hydrogens is 256 g/mol. The summed E-state index contributed by atoms with van der Waals surface area (Å²) in [6, 6.07) is 3.90. The van der Waals surface area contributed by atoms with Gasteiger partial charge in [-0.2, -0.15) is 0 Å². The molecule has 0 aliphatic carbocycles. The van der Waals surface area contributed by atoms with Crippen LogP contribution in [0.1, 0.15) is 25.0 Å². The molecular formula is C16H22O4.